The van der Waals surface area contributed by atoms with Crippen molar-refractivity contribution in [1.29, 1.82) is 0 Å². The lowest BCUT2D eigenvalue weighted by Gasteiger charge is -2.18. The second kappa shape index (κ2) is 26.6. The molecule has 0 spiro atoms. The van der Waals surface area contributed by atoms with Crippen LogP contribution >= 0.6 is 188 Å². The van der Waals surface area contributed by atoms with E-state index >= 15 is 0 Å². The minimum absolute atomic E-state index is 0.438. The van der Waals surface area contributed by atoms with E-state index in [4.69, 9.17) is 23.7 Å². The second-order valence-electron chi connectivity index (χ2n) is 12.3. The van der Waals surface area contributed by atoms with Crippen LogP contribution in [0.5, 0.6) is 11.5 Å². The summed E-state index contributed by atoms with van der Waals surface area (Å²) in [5.41, 5.74) is 4.53. The highest BCUT2D eigenvalue weighted by Crippen LogP contribution is 2.67. The highest BCUT2D eigenvalue weighted by Gasteiger charge is 2.31. The van der Waals surface area contributed by atoms with E-state index in [-0.39, 0.29) is 0 Å². The number of fused-ring (bicyclic) bond motifs is 3. The summed E-state index contributed by atoms with van der Waals surface area (Å²) in [7, 11) is 0. The Morgan fingerprint density at radius 2 is 0.656 bits per heavy atom. The average molecular weight is 1120 g/mol. The van der Waals surface area contributed by atoms with Gasteiger partial charge < -0.3 is 23.7 Å². The van der Waals surface area contributed by atoms with E-state index in [1.165, 1.54) is 62.0 Å². The molecule has 61 heavy (non-hydrogen) atoms. The number of hydrogen-bond acceptors (Lipinski definition) is 21. The number of rotatable bonds is 12. The average Bonchev–Trinajstić information content (AvgIpc) is 4.10. The summed E-state index contributed by atoms with van der Waals surface area (Å²) >= 11 is 30.4. The van der Waals surface area contributed by atoms with Gasteiger partial charge in [0.25, 0.3) is 0 Å². The quantitative estimate of drug-likeness (QED) is 0.202. The molecule has 330 valence electrons. The molecule has 7 rings (SSSR count). The Morgan fingerprint density at radius 3 is 0.967 bits per heavy atom. The molecule has 5 nitrogen and oxygen atoms in total. The molecule has 21 heteroatoms. The first-order valence-electron chi connectivity index (χ1n) is 18.6. The maximum atomic E-state index is 6.52. The van der Waals surface area contributed by atoms with Gasteiger partial charge in [-0.1, -0.05) is 106 Å². The predicted octanol–water partition coefficient (Wildman–Crippen LogP) is 16.5. The van der Waals surface area contributed by atoms with Gasteiger partial charge in [0.1, 0.15) is 24.7 Å². The van der Waals surface area contributed by atoms with Crippen molar-refractivity contribution >= 4 is 188 Å². The second-order valence-corrected chi connectivity index (χ2v) is 30.4. The largest absolute Gasteiger partial charge is 0.491 e. The normalized spacial score (nSPS) is 19.9. The first kappa shape index (κ1) is 50.8. The third-order valence-corrected chi connectivity index (χ3v) is 30.8. The summed E-state index contributed by atoms with van der Waals surface area (Å²) in [6.07, 6.45) is 13.1. The lowest BCUT2D eigenvalue weighted by atomic mass is 9.99. The Balaban J connectivity index is 1.13. The summed E-state index contributed by atoms with van der Waals surface area (Å²) in [6, 6.07) is 13.3. The minimum Gasteiger partial charge on any atom is -0.491 e. The van der Waals surface area contributed by atoms with E-state index in [2.05, 4.69) is 73.9 Å². The third-order valence-electron chi connectivity index (χ3n) is 8.43. The van der Waals surface area contributed by atoms with Crippen molar-refractivity contribution in [2.75, 3.05) is 90.4 Å². The standard InChI is InChI=1S/C40H44O5S16/c1-46-29-30(47-2)55-37(54-29)39-58-33(50-5)35(60-39)52-21-23-7-9-27-25(19-23)26-20-24(8-10-28(26)45-18-16-43-14-12-41-11-13-42-15-17-44-27)22-53-36-34(51-6)59-40(61-36)38-56-31(48-3)32(49-4)57-38/h7-10,19-20H,11-18,21-22H2,1-6H3. The molecule has 5 aliphatic heterocycles. The number of hydrogen-bond donors (Lipinski definition) is 0. The minimum atomic E-state index is 0.438. The molecule has 0 atom stereocenters. The van der Waals surface area contributed by atoms with E-state index in [1.807, 2.05) is 188 Å². The molecule has 5 heterocycles. The fourth-order valence-corrected chi connectivity index (χ4v) is 27.0. The Morgan fingerprint density at radius 1 is 0.377 bits per heavy atom. The fraction of sp³-hybridized carbons (Fsp3) is 0.400. The molecule has 0 fully saturated rings. The summed E-state index contributed by atoms with van der Waals surface area (Å²) in [5, 5.41) is 0. The Bertz CT molecular complexity index is 1920. The molecule has 0 amide bonds. The first-order chi connectivity index (χ1) is 29.9. The molecule has 2 aromatic carbocycles. The van der Waals surface area contributed by atoms with Crippen molar-refractivity contribution in [2.45, 2.75) is 11.5 Å². The molecule has 0 saturated heterocycles. The molecule has 0 aliphatic carbocycles. The highest BCUT2D eigenvalue weighted by molar-refractivity contribution is 8.46. The van der Waals surface area contributed by atoms with Gasteiger partial charge in [-0.2, -0.15) is 0 Å². The maximum Gasteiger partial charge on any atom is 0.127 e. The summed E-state index contributed by atoms with van der Waals surface area (Å²) in [5.74, 6) is 3.33. The molecule has 0 saturated carbocycles. The zero-order chi connectivity index (χ0) is 42.6. The van der Waals surface area contributed by atoms with Crippen LogP contribution in [-0.2, 0) is 25.7 Å². The lowest BCUT2D eigenvalue weighted by molar-refractivity contribution is 0.00519. The van der Waals surface area contributed by atoms with Crippen LogP contribution in [0.2, 0.25) is 0 Å². The van der Waals surface area contributed by atoms with Crippen molar-refractivity contribution in [3.8, 4) is 22.6 Å². The molecule has 5 aliphatic rings. The smallest absolute Gasteiger partial charge is 0.127 e. The van der Waals surface area contributed by atoms with Crippen LogP contribution in [0.25, 0.3) is 11.1 Å². The molecule has 0 unspecified atom stereocenters. The summed E-state index contributed by atoms with van der Waals surface area (Å²) in [4.78, 5) is 0. The molecule has 0 radical (unpaired) electrons. The lowest BCUT2D eigenvalue weighted by Crippen LogP contribution is -2.14. The van der Waals surface area contributed by atoms with Crippen molar-refractivity contribution < 1.29 is 23.7 Å². The van der Waals surface area contributed by atoms with Crippen LogP contribution in [0, 0.1) is 0 Å². The van der Waals surface area contributed by atoms with E-state index in [1.54, 1.807) is 0 Å². The Kier molecular flexibility index (Phi) is 22.2. The first-order valence-corrected chi connectivity index (χ1v) is 34.4. The van der Waals surface area contributed by atoms with Crippen LogP contribution in [0.1, 0.15) is 11.1 Å². The zero-order valence-electron chi connectivity index (χ0n) is 34.1. The van der Waals surface area contributed by atoms with Gasteiger partial charge in [0.2, 0.25) is 0 Å². The van der Waals surface area contributed by atoms with Crippen LogP contribution in [0.3, 0.4) is 0 Å². The number of benzene rings is 2. The summed E-state index contributed by atoms with van der Waals surface area (Å²) in [6.45, 7) is 3.91. The van der Waals surface area contributed by atoms with Gasteiger partial charge in [0, 0.05) is 22.6 Å². The Labute approximate surface area is 429 Å². The van der Waals surface area contributed by atoms with Gasteiger partial charge in [-0.15, -0.1) is 94.1 Å². The third kappa shape index (κ3) is 14.0. The van der Waals surface area contributed by atoms with Crippen LogP contribution in [-0.4, -0.2) is 90.4 Å². The van der Waals surface area contributed by atoms with Crippen molar-refractivity contribution in [2.24, 2.45) is 0 Å². The van der Waals surface area contributed by atoms with Crippen LogP contribution in [0.4, 0.5) is 0 Å². The molecule has 0 N–H and O–H groups in total. The van der Waals surface area contributed by atoms with E-state index in [9.17, 15) is 0 Å². The molecule has 0 bridgehead atoms. The maximum absolute atomic E-state index is 6.52. The highest BCUT2D eigenvalue weighted by atomic mass is 32.3. The topological polar surface area (TPSA) is 46.2 Å². The van der Waals surface area contributed by atoms with E-state index < -0.39 is 0 Å². The van der Waals surface area contributed by atoms with E-state index in [0.29, 0.717) is 52.9 Å². The van der Waals surface area contributed by atoms with Crippen molar-refractivity contribution in [3.63, 3.8) is 0 Å². The van der Waals surface area contributed by atoms with Gasteiger partial charge in [0.15, 0.2) is 0 Å². The molecule has 2 aromatic rings. The van der Waals surface area contributed by atoms with Gasteiger partial charge in [-0.05, 0) is 72.9 Å². The molecular formula is C40H44O5S16. The molecule has 0 aromatic heterocycles. The molecular weight excluding hydrogens is 1070 g/mol. The monoisotopic (exact) mass is 1120 g/mol. The van der Waals surface area contributed by atoms with Gasteiger partial charge >= 0.3 is 0 Å². The zero-order valence-corrected chi connectivity index (χ0v) is 47.2. The van der Waals surface area contributed by atoms with E-state index in [0.717, 1.165) is 34.1 Å². The van der Waals surface area contributed by atoms with Gasteiger partial charge in [-0.25, -0.2) is 0 Å². The van der Waals surface area contributed by atoms with Crippen molar-refractivity contribution in [3.05, 3.63) is 98.4 Å². The van der Waals surface area contributed by atoms with Crippen LogP contribution in [0.15, 0.2) is 87.2 Å². The SMILES string of the molecule is CSC1=C(SC)SC(=C2SC(SC)=C(SCc3ccc4c(c3)-c3cc(CSC5=C(SC)SC(=C6SC(SC)=C(SC)S6)S5)ccc3OCCOCCOCCOCCO4)S2)S1. The van der Waals surface area contributed by atoms with Gasteiger partial charge in [-0.3, -0.25) is 0 Å². The fourth-order valence-electron chi connectivity index (χ4n) is 5.62. The van der Waals surface area contributed by atoms with Gasteiger partial charge in [0.05, 0.1) is 90.5 Å². The van der Waals surface area contributed by atoms with Crippen molar-refractivity contribution in [1.82, 2.24) is 0 Å². The predicted molar refractivity (Wildman–Crippen MR) is 302 cm³/mol. The number of ether oxygens (including phenoxy) is 5. The number of thioether (sulfide) groups is 16. The Hall–Kier alpha value is 1.96. The summed E-state index contributed by atoms with van der Waals surface area (Å²) < 4.78 is 47.2. The van der Waals surface area contributed by atoms with Crippen LogP contribution < -0.4 is 9.47 Å².